The number of nitrogens with two attached hydrogens (primary N) is 1. The molecule has 1 rings (SSSR count). The minimum atomic E-state index is -0.999. The van der Waals surface area contributed by atoms with E-state index in [4.69, 9.17) is 10.5 Å². The molecule has 106 valence electrons. The molecule has 0 spiro atoms. The number of rotatable bonds is 7. The van der Waals surface area contributed by atoms with Crippen molar-refractivity contribution >= 4 is 0 Å². The summed E-state index contributed by atoms with van der Waals surface area (Å²) < 4.78 is 5.55. The first kappa shape index (κ1) is 15.7. The van der Waals surface area contributed by atoms with Gasteiger partial charge in [-0.25, -0.2) is 0 Å². The van der Waals surface area contributed by atoms with E-state index in [1.165, 1.54) is 0 Å². The van der Waals surface area contributed by atoms with Crippen molar-refractivity contribution in [3.05, 3.63) is 42.0 Å². The second kappa shape index (κ2) is 7.28. The largest absolute Gasteiger partial charge is 0.490 e. The van der Waals surface area contributed by atoms with Crippen molar-refractivity contribution in [2.24, 2.45) is 5.73 Å². The van der Waals surface area contributed by atoms with Crippen LogP contribution in [0.15, 0.2) is 36.4 Å². The molecule has 0 radical (unpaired) electrons. The van der Waals surface area contributed by atoms with Gasteiger partial charge in [0.05, 0.1) is 6.10 Å². The van der Waals surface area contributed by atoms with Crippen LogP contribution in [0.1, 0.15) is 31.9 Å². The summed E-state index contributed by atoms with van der Waals surface area (Å²) in [5.41, 5.74) is 5.19. The van der Waals surface area contributed by atoms with E-state index in [1.54, 1.807) is 31.2 Å². The van der Waals surface area contributed by atoms with Gasteiger partial charge in [0.2, 0.25) is 0 Å². The summed E-state index contributed by atoms with van der Waals surface area (Å²) in [6.07, 6.45) is 3.40. The highest BCUT2D eigenvalue weighted by Gasteiger charge is 2.17. The Kier molecular flexibility index (Phi) is 6.02. The smallest absolute Gasteiger partial charge is 0.120 e. The molecule has 0 aromatic heterocycles. The molecular formula is C15H23NO3. The van der Waals surface area contributed by atoms with Gasteiger partial charge in [-0.1, -0.05) is 24.3 Å². The topological polar surface area (TPSA) is 75.7 Å². The highest BCUT2D eigenvalue weighted by molar-refractivity contribution is 5.30. The summed E-state index contributed by atoms with van der Waals surface area (Å²) in [5, 5.41) is 19.8. The summed E-state index contributed by atoms with van der Waals surface area (Å²) >= 11 is 0. The lowest BCUT2D eigenvalue weighted by molar-refractivity contribution is 0.0541. The maximum Gasteiger partial charge on any atom is 0.120 e. The average molecular weight is 265 g/mol. The predicted molar refractivity (Wildman–Crippen MR) is 76.0 cm³/mol. The molecule has 4 heteroatoms. The van der Waals surface area contributed by atoms with Crippen molar-refractivity contribution < 1.29 is 14.9 Å². The third-order valence-electron chi connectivity index (χ3n) is 2.74. The van der Waals surface area contributed by atoms with Crippen molar-refractivity contribution in [2.45, 2.75) is 32.0 Å². The van der Waals surface area contributed by atoms with Crippen molar-refractivity contribution in [2.75, 3.05) is 13.2 Å². The van der Waals surface area contributed by atoms with Gasteiger partial charge in [-0.3, -0.25) is 0 Å². The van der Waals surface area contributed by atoms with Crippen LogP contribution >= 0.6 is 0 Å². The Bertz CT molecular complexity index is 416. The Balaban J connectivity index is 2.67. The second-order valence-electron chi connectivity index (χ2n) is 4.81. The van der Waals surface area contributed by atoms with Crippen molar-refractivity contribution in [3.63, 3.8) is 0 Å². The van der Waals surface area contributed by atoms with Crippen LogP contribution < -0.4 is 10.5 Å². The summed E-state index contributed by atoms with van der Waals surface area (Å²) in [4.78, 5) is 0. The first-order valence-corrected chi connectivity index (χ1v) is 6.45. The molecule has 0 saturated heterocycles. The zero-order chi connectivity index (χ0) is 14.3. The van der Waals surface area contributed by atoms with E-state index in [2.05, 4.69) is 0 Å². The van der Waals surface area contributed by atoms with E-state index in [0.29, 0.717) is 18.7 Å². The Morgan fingerprint density at radius 2 is 2.21 bits per heavy atom. The SMILES string of the molecule is C/C=C/C(C)(O)COc1cccc(C(O)CCN)c1. The molecule has 0 aliphatic carbocycles. The molecule has 0 heterocycles. The van der Waals surface area contributed by atoms with Crippen LogP contribution in [0.3, 0.4) is 0 Å². The lowest BCUT2D eigenvalue weighted by atomic mass is 10.1. The average Bonchev–Trinajstić information content (AvgIpc) is 2.37. The first-order chi connectivity index (χ1) is 8.98. The number of aliphatic hydroxyl groups excluding tert-OH is 1. The minimum absolute atomic E-state index is 0.160. The zero-order valence-corrected chi connectivity index (χ0v) is 11.5. The van der Waals surface area contributed by atoms with E-state index >= 15 is 0 Å². The van der Waals surface area contributed by atoms with E-state index in [9.17, 15) is 10.2 Å². The maximum absolute atomic E-state index is 9.96. The number of allylic oxidation sites excluding steroid dienone is 1. The third kappa shape index (κ3) is 5.42. The molecule has 2 atom stereocenters. The van der Waals surface area contributed by atoms with Crippen LogP contribution in [-0.4, -0.2) is 29.0 Å². The van der Waals surface area contributed by atoms with Crippen LogP contribution in [0.2, 0.25) is 0 Å². The molecule has 4 nitrogen and oxygen atoms in total. The molecule has 0 saturated carbocycles. The van der Waals surface area contributed by atoms with Gasteiger partial charge in [0, 0.05) is 0 Å². The van der Waals surface area contributed by atoms with Gasteiger partial charge in [0.1, 0.15) is 18.0 Å². The number of hydrogen-bond donors (Lipinski definition) is 3. The van der Waals surface area contributed by atoms with Gasteiger partial charge in [-0.05, 0) is 44.5 Å². The van der Waals surface area contributed by atoms with E-state index < -0.39 is 11.7 Å². The standard InChI is InChI=1S/C15H23NO3/c1-3-8-15(2,18)11-19-13-6-4-5-12(10-13)14(17)7-9-16/h3-6,8,10,14,17-18H,7,9,11,16H2,1-2H3/b8-3+. The quantitative estimate of drug-likeness (QED) is 0.657. The van der Waals surface area contributed by atoms with Crippen LogP contribution in [0.5, 0.6) is 5.75 Å². The fourth-order valence-electron chi connectivity index (χ4n) is 1.77. The number of benzene rings is 1. The number of aliphatic hydroxyl groups is 2. The minimum Gasteiger partial charge on any atom is -0.490 e. The third-order valence-corrected chi connectivity index (χ3v) is 2.74. The Labute approximate surface area is 114 Å². The van der Waals surface area contributed by atoms with Crippen LogP contribution in [-0.2, 0) is 0 Å². The molecule has 4 N–H and O–H groups in total. The van der Waals surface area contributed by atoms with Gasteiger partial charge in [0.25, 0.3) is 0 Å². The van der Waals surface area contributed by atoms with Gasteiger partial charge < -0.3 is 20.7 Å². The molecular weight excluding hydrogens is 242 g/mol. The first-order valence-electron chi connectivity index (χ1n) is 6.45. The Morgan fingerprint density at radius 1 is 1.47 bits per heavy atom. The Morgan fingerprint density at radius 3 is 2.84 bits per heavy atom. The molecule has 19 heavy (non-hydrogen) atoms. The molecule has 0 amide bonds. The lowest BCUT2D eigenvalue weighted by Gasteiger charge is -2.20. The van der Waals surface area contributed by atoms with Gasteiger partial charge in [-0.15, -0.1) is 0 Å². The van der Waals surface area contributed by atoms with Crippen LogP contribution in [0.25, 0.3) is 0 Å². The van der Waals surface area contributed by atoms with Gasteiger partial charge in [0.15, 0.2) is 0 Å². The molecule has 0 aliphatic rings. The van der Waals surface area contributed by atoms with Crippen molar-refractivity contribution in [1.82, 2.24) is 0 Å². The maximum atomic E-state index is 9.96. The van der Waals surface area contributed by atoms with E-state index in [1.807, 2.05) is 19.1 Å². The molecule has 1 aromatic rings. The van der Waals surface area contributed by atoms with Gasteiger partial charge >= 0.3 is 0 Å². The molecule has 0 fully saturated rings. The van der Waals surface area contributed by atoms with Crippen LogP contribution in [0.4, 0.5) is 0 Å². The fraction of sp³-hybridized carbons (Fsp3) is 0.467. The van der Waals surface area contributed by atoms with Crippen LogP contribution in [0, 0.1) is 0 Å². The zero-order valence-electron chi connectivity index (χ0n) is 11.5. The van der Waals surface area contributed by atoms with Crippen molar-refractivity contribution in [1.29, 1.82) is 0 Å². The molecule has 1 aromatic carbocycles. The normalized spacial score (nSPS) is 16.3. The van der Waals surface area contributed by atoms with E-state index in [0.717, 1.165) is 5.56 Å². The van der Waals surface area contributed by atoms with Crippen molar-refractivity contribution in [3.8, 4) is 5.75 Å². The summed E-state index contributed by atoms with van der Waals surface area (Å²) in [6, 6.07) is 7.21. The summed E-state index contributed by atoms with van der Waals surface area (Å²) in [6.45, 7) is 4.12. The fourth-order valence-corrected chi connectivity index (χ4v) is 1.77. The van der Waals surface area contributed by atoms with E-state index in [-0.39, 0.29) is 6.61 Å². The lowest BCUT2D eigenvalue weighted by Crippen LogP contribution is -2.29. The second-order valence-corrected chi connectivity index (χ2v) is 4.81. The summed E-state index contributed by atoms with van der Waals surface area (Å²) in [7, 11) is 0. The number of hydrogen-bond acceptors (Lipinski definition) is 4. The predicted octanol–water partition coefficient (Wildman–Crippen LogP) is 1.77. The molecule has 0 aliphatic heterocycles. The Hall–Kier alpha value is -1.36. The highest BCUT2D eigenvalue weighted by atomic mass is 16.5. The monoisotopic (exact) mass is 265 g/mol. The number of ether oxygens (including phenoxy) is 1. The summed E-state index contributed by atoms with van der Waals surface area (Å²) in [5.74, 6) is 0.623. The highest BCUT2D eigenvalue weighted by Crippen LogP contribution is 2.22. The van der Waals surface area contributed by atoms with Gasteiger partial charge in [-0.2, -0.15) is 0 Å². The molecule has 2 unspecified atom stereocenters. The molecule has 0 bridgehead atoms.